The van der Waals surface area contributed by atoms with Gasteiger partial charge in [-0.25, -0.2) is 0 Å². The van der Waals surface area contributed by atoms with Gasteiger partial charge in [0, 0.05) is 24.8 Å². The fraction of sp³-hybridized carbons (Fsp3) is 0.455. The maximum absolute atomic E-state index is 9.96. The van der Waals surface area contributed by atoms with E-state index in [2.05, 4.69) is 0 Å². The summed E-state index contributed by atoms with van der Waals surface area (Å²) in [5.41, 5.74) is 7.70. The van der Waals surface area contributed by atoms with Crippen molar-refractivity contribution in [2.24, 2.45) is 5.73 Å². The first kappa shape index (κ1) is 10.3. The first-order valence-electron chi connectivity index (χ1n) is 4.96. The lowest BCUT2D eigenvalue weighted by Gasteiger charge is -2.35. The molecule has 1 aromatic rings. The Balaban J connectivity index is 2.47. The minimum atomic E-state index is -0.605. The smallest absolute Gasteiger partial charge is 0.119 e. The van der Waals surface area contributed by atoms with E-state index in [0.717, 1.165) is 17.0 Å². The van der Waals surface area contributed by atoms with Crippen LogP contribution in [-0.4, -0.2) is 31.9 Å². The molecular formula is C11H16N2O2. The average Bonchev–Trinajstić information content (AvgIpc) is 2.25. The van der Waals surface area contributed by atoms with Crippen molar-refractivity contribution in [1.29, 1.82) is 0 Å². The van der Waals surface area contributed by atoms with Gasteiger partial charge in [-0.15, -0.1) is 0 Å². The highest BCUT2D eigenvalue weighted by Gasteiger charge is 2.28. The molecule has 82 valence electrons. The fourth-order valence-electron chi connectivity index (χ4n) is 1.99. The standard InChI is InChI=1S/C11H16N2O2/c1-13-6-9(12)11(14)8-5-7(15-2)3-4-10(8)13/h3-5,9,11,14H,6,12H2,1-2H3/t9-,11+/m0/s1. The Hall–Kier alpha value is -1.26. The topological polar surface area (TPSA) is 58.7 Å². The highest BCUT2D eigenvalue weighted by atomic mass is 16.5. The van der Waals surface area contributed by atoms with E-state index in [-0.39, 0.29) is 6.04 Å². The van der Waals surface area contributed by atoms with Gasteiger partial charge in [-0.3, -0.25) is 0 Å². The molecule has 0 spiro atoms. The van der Waals surface area contributed by atoms with Gasteiger partial charge in [0.2, 0.25) is 0 Å². The van der Waals surface area contributed by atoms with Crippen molar-refractivity contribution in [2.45, 2.75) is 12.1 Å². The van der Waals surface area contributed by atoms with Crippen LogP contribution >= 0.6 is 0 Å². The van der Waals surface area contributed by atoms with E-state index in [9.17, 15) is 5.11 Å². The highest BCUT2D eigenvalue weighted by Crippen LogP contribution is 2.34. The summed E-state index contributed by atoms with van der Waals surface area (Å²) in [4.78, 5) is 2.05. The minimum absolute atomic E-state index is 0.241. The molecule has 2 rings (SSSR count). The highest BCUT2D eigenvalue weighted by molar-refractivity contribution is 5.59. The Labute approximate surface area is 89.3 Å². The van der Waals surface area contributed by atoms with Crippen LogP contribution < -0.4 is 15.4 Å². The van der Waals surface area contributed by atoms with E-state index in [1.54, 1.807) is 7.11 Å². The summed E-state index contributed by atoms with van der Waals surface area (Å²) in [6.45, 7) is 0.667. The van der Waals surface area contributed by atoms with E-state index in [0.29, 0.717) is 6.54 Å². The van der Waals surface area contributed by atoms with Crippen LogP contribution in [0, 0.1) is 0 Å². The second-order valence-electron chi connectivity index (χ2n) is 3.91. The SMILES string of the molecule is COc1ccc2c(c1)[C@@H](O)[C@@H](N)CN2C. The fourth-order valence-corrected chi connectivity index (χ4v) is 1.99. The van der Waals surface area contributed by atoms with Crippen molar-refractivity contribution >= 4 is 5.69 Å². The monoisotopic (exact) mass is 208 g/mol. The molecule has 0 aliphatic carbocycles. The number of hydrogen-bond donors (Lipinski definition) is 2. The van der Waals surface area contributed by atoms with E-state index >= 15 is 0 Å². The van der Waals surface area contributed by atoms with Gasteiger partial charge in [0.15, 0.2) is 0 Å². The van der Waals surface area contributed by atoms with Crippen LogP contribution in [0.5, 0.6) is 5.75 Å². The number of hydrogen-bond acceptors (Lipinski definition) is 4. The normalized spacial score (nSPS) is 24.9. The summed E-state index contributed by atoms with van der Waals surface area (Å²) in [5, 5.41) is 9.96. The molecule has 1 aliphatic rings. The van der Waals surface area contributed by atoms with Gasteiger partial charge >= 0.3 is 0 Å². The van der Waals surface area contributed by atoms with Crippen molar-refractivity contribution < 1.29 is 9.84 Å². The predicted octanol–water partition coefficient (Wildman–Crippen LogP) is 0.506. The van der Waals surface area contributed by atoms with Gasteiger partial charge in [-0.1, -0.05) is 0 Å². The Morgan fingerprint density at radius 3 is 2.93 bits per heavy atom. The van der Waals surface area contributed by atoms with Crippen molar-refractivity contribution in [3.8, 4) is 5.75 Å². The number of methoxy groups -OCH3 is 1. The lowest BCUT2D eigenvalue weighted by atomic mass is 9.95. The molecule has 4 heteroatoms. The Morgan fingerprint density at radius 1 is 1.53 bits per heavy atom. The summed E-state index contributed by atoms with van der Waals surface area (Å²) >= 11 is 0. The molecule has 4 nitrogen and oxygen atoms in total. The molecule has 1 aromatic carbocycles. The number of likely N-dealkylation sites (N-methyl/N-ethyl adjacent to an activating group) is 1. The van der Waals surface area contributed by atoms with Crippen LogP contribution in [0.3, 0.4) is 0 Å². The number of ether oxygens (including phenoxy) is 1. The molecule has 3 N–H and O–H groups in total. The number of nitrogens with two attached hydrogens (primary N) is 1. The third-order valence-corrected chi connectivity index (χ3v) is 2.85. The van der Waals surface area contributed by atoms with Crippen LogP contribution in [-0.2, 0) is 0 Å². The zero-order valence-corrected chi connectivity index (χ0v) is 8.97. The van der Waals surface area contributed by atoms with Crippen molar-refractivity contribution in [2.75, 3.05) is 25.6 Å². The summed E-state index contributed by atoms with van der Waals surface area (Å²) in [6, 6.07) is 5.44. The first-order chi connectivity index (χ1) is 7.13. The van der Waals surface area contributed by atoms with E-state index in [1.165, 1.54) is 0 Å². The van der Waals surface area contributed by atoms with Crippen LogP contribution in [0.15, 0.2) is 18.2 Å². The number of fused-ring (bicyclic) bond motifs is 1. The van der Waals surface area contributed by atoms with Gasteiger partial charge < -0.3 is 20.5 Å². The van der Waals surface area contributed by atoms with Gasteiger partial charge in [0.25, 0.3) is 0 Å². The maximum Gasteiger partial charge on any atom is 0.119 e. The number of rotatable bonds is 1. The summed E-state index contributed by atoms with van der Waals surface area (Å²) < 4.78 is 5.13. The molecule has 0 fully saturated rings. The van der Waals surface area contributed by atoms with Crippen LogP contribution in [0.4, 0.5) is 5.69 Å². The molecule has 0 unspecified atom stereocenters. The van der Waals surface area contributed by atoms with Crippen molar-refractivity contribution in [1.82, 2.24) is 0 Å². The van der Waals surface area contributed by atoms with Crippen LogP contribution in [0.25, 0.3) is 0 Å². The summed E-state index contributed by atoms with van der Waals surface area (Å²) in [7, 11) is 3.58. The van der Waals surface area contributed by atoms with E-state index in [1.807, 2.05) is 30.1 Å². The Kier molecular flexibility index (Phi) is 2.54. The molecule has 0 aromatic heterocycles. The number of benzene rings is 1. The van der Waals surface area contributed by atoms with Gasteiger partial charge in [-0.05, 0) is 18.2 Å². The number of anilines is 1. The third-order valence-electron chi connectivity index (χ3n) is 2.85. The molecule has 0 radical (unpaired) electrons. The Bertz CT molecular complexity index is 368. The van der Waals surface area contributed by atoms with Gasteiger partial charge in [0.05, 0.1) is 19.3 Å². The molecule has 1 heterocycles. The lowest BCUT2D eigenvalue weighted by Crippen LogP contribution is -2.44. The van der Waals surface area contributed by atoms with Gasteiger partial charge in [0.1, 0.15) is 5.75 Å². The van der Waals surface area contributed by atoms with Crippen LogP contribution in [0.1, 0.15) is 11.7 Å². The van der Waals surface area contributed by atoms with Crippen molar-refractivity contribution in [3.05, 3.63) is 23.8 Å². The summed E-state index contributed by atoms with van der Waals surface area (Å²) in [5.74, 6) is 0.746. The minimum Gasteiger partial charge on any atom is -0.497 e. The molecule has 0 bridgehead atoms. The number of aliphatic hydroxyl groups is 1. The third kappa shape index (κ3) is 1.66. The molecule has 15 heavy (non-hydrogen) atoms. The average molecular weight is 208 g/mol. The second-order valence-corrected chi connectivity index (χ2v) is 3.91. The quantitative estimate of drug-likeness (QED) is 0.706. The lowest BCUT2D eigenvalue weighted by molar-refractivity contribution is 0.143. The zero-order valence-electron chi connectivity index (χ0n) is 8.97. The predicted molar refractivity (Wildman–Crippen MR) is 59.2 cm³/mol. The largest absolute Gasteiger partial charge is 0.497 e. The summed E-state index contributed by atoms with van der Waals surface area (Å²) in [6.07, 6.45) is -0.605. The molecule has 0 amide bonds. The maximum atomic E-state index is 9.96. The zero-order chi connectivity index (χ0) is 11.0. The van der Waals surface area contributed by atoms with E-state index in [4.69, 9.17) is 10.5 Å². The number of nitrogens with zero attached hydrogens (tertiary/aromatic N) is 1. The molecular weight excluding hydrogens is 192 g/mol. The van der Waals surface area contributed by atoms with Crippen LogP contribution in [0.2, 0.25) is 0 Å². The molecule has 2 atom stereocenters. The number of aliphatic hydroxyl groups excluding tert-OH is 1. The molecule has 0 saturated carbocycles. The second kappa shape index (κ2) is 3.72. The molecule has 1 aliphatic heterocycles. The van der Waals surface area contributed by atoms with E-state index < -0.39 is 6.10 Å². The Morgan fingerprint density at radius 2 is 2.27 bits per heavy atom. The van der Waals surface area contributed by atoms with Crippen molar-refractivity contribution in [3.63, 3.8) is 0 Å². The first-order valence-corrected chi connectivity index (χ1v) is 4.96. The molecule has 0 saturated heterocycles. The van der Waals surface area contributed by atoms with Gasteiger partial charge in [-0.2, -0.15) is 0 Å².